The maximum Gasteiger partial charge on any atom is 0.177 e. The number of fused-ring (bicyclic) bond motifs is 1. The van der Waals surface area contributed by atoms with Crippen LogP contribution < -0.4 is 5.12 Å². The van der Waals surface area contributed by atoms with Gasteiger partial charge in [-0.3, -0.25) is 0 Å². The molecule has 1 aromatic heterocycles. The summed E-state index contributed by atoms with van der Waals surface area (Å²) >= 11 is 5.83. The van der Waals surface area contributed by atoms with E-state index in [9.17, 15) is 8.87 Å². The lowest BCUT2D eigenvalue weighted by molar-refractivity contribution is 0.499. The van der Waals surface area contributed by atoms with Crippen molar-refractivity contribution in [2.24, 2.45) is 0 Å². The normalized spacial score (nSPS) is 10.2. The minimum Gasteiger partial charge on any atom is -0.236 e. The molecule has 0 bridgehead atoms. The summed E-state index contributed by atoms with van der Waals surface area (Å²) in [6.07, 6.45) is 1.19. The average molecular weight is 328 g/mol. The van der Waals surface area contributed by atoms with E-state index >= 15 is 0 Å². The first-order chi connectivity index (χ1) is 9.66. The van der Waals surface area contributed by atoms with Crippen LogP contribution in [0.15, 0.2) is 48.8 Å². The molecule has 3 aromatic rings. The van der Waals surface area contributed by atoms with Crippen LogP contribution in [0, 0.1) is 5.82 Å². The van der Waals surface area contributed by atoms with Gasteiger partial charge in [-0.1, -0.05) is 28.2 Å². The molecule has 7 heteroatoms. The molecule has 108 valence electrons. The smallest absolute Gasteiger partial charge is 0.177 e. The number of aromatic nitrogens is 2. The lowest BCUT2D eigenvalue weighted by atomic mass is 10.2. The van der Waals surface area contributed by atoms with Crippen molar-refractivity contribution in [1.82, 2.24) is 9.97 Å². The predicted octanol–water partition coefficient (Wildman–Crippen LogP) is 4.87. The van der Waals surface area contributed by atoms with Gasteiger partial charge in [-0.25, -0.2) is 14.4 Å². The molecule has 21 heavy (non-hydrogen) atoms. The fourth-order valence-corrected chi connectivity index (χ4v) is 2.11. The molecule has 0 spiro atoms. The van der Waals surface area contributed by atoms with Crippen LogP contribution in [0.4, 0.5) is 20.4 Å². The van der Waals surface area contributed by atoms with Gasteiger partial charge in [-0.2, -0.15) is 5.12 Å². The van der Waals surface area contributed by atoms with Gasteiger partial charge in [0.05, 0.1) is 16.6 Å². The maximum absolute atomic E-state index is 14.5. The van der Waals surface area contributed by atoms with Crippen LogP contribution in [-0.2, 0) is 0 Å². The molecule has 0 unspecified atom stereocenters. The Labute approximate surface area is 130 Å². The monoisotopic (exact) mass is 327 g/mol. The van der Waals surface area contributed by atoms with Crippen molar-refractivity contribution in [2.75, 3.05) is 5.12 Å². The van der Waals surface area contributed by atoms with Gasteiger partial charge in [0.1, 0.15) is 12.1 Å². The molecule has 0 saturated heterocycles. The topological polar surface area (TPSA) is 29.0 Å². The number of anilines is 2. The highest BCUT2D eigenvalue weighted by Gasteiger charge is 2.17. The zero-order chi connectivity index (χ0) is 14.1. The van der Waals surface area contributed by atoms with Crippen molar-refractivity contribution in [1.29, 1.82) is 0 Å². The van der Waals surface area contributed by atoms with Crippen LogP contribution in [0.25, 0.3) is 10.9 Å². The number of hydrogen-bond acceptors (Lipinski definition) is 3. The molecular weight excluding hydrogens is 319 g/mol. The Morgan fingerprint density at radius 2 is 1.81 bits per heavy atom. The highest BCUT2D eigenvalue weighted by molar-refractivity contribution is 6.30. The van der Waals surface area contributed by atoms with E-state index in [2.05, 4.69) is 9.97 Å². The zero-order valence-electron chi connectivity index (χ0n) is 10.5. The van der Waals surface area contributed by atoms with Gasteiger partial charge in [-0.15, -0.1) is 12.4 Å². The van der Waals surface area contributed by atoms with Crippen molar-refractivity contribution < 1.29 is 8.87 Å². The fraction of sp³-hybridized carbons (Fsp3) is 0. The second kappa shape index (κ2) is 6.20. The lowest BCUT2D eigenvalue weighted by Crippen LogP contribution is -2.07. The minimum atomic E-state index is -0.581. The van der Waals surface area contributed by atoms with Crippen LogP contribution >= 0.6 is 24.0 Å². The largest absolute Gasteiger partial charge is 0.236 e. The quantitative estimate of drug-likeness (QED) is 0.629. The van der Waals surface area contributed by atoms with Crippen LogP contribution in [0.3, 0.4) is 0 Å². The number of nitrogens with zero attached hydrogens (tertiary/aromatic N) is 3. The number of rotatable bonds is 2. The molecule has 0 aliphatic heterocycles. The van der Waals surface area contributed by atoms with Gasteiger partial charge in [-0.05, 0) is 30.3 Å². The first kappa shape index (κ1) is 15.4. The molecule has 0 atom stereocenters. The zero-order valence-corrected chi connectivity index (χ0v) is 12.1. The van der Waals surface area contributed by atoms with Gasteiger partial charge in [0, 0.05) is 5.02 Å². The number of halogens is 4. The summed E-state index contributed by atoms with van der Waals surface area (Å²) in [6.45, 7) is 0. The minimum absolute atomic E-state index is 0. The molecule has 0 radical (unpaired) electrons. The van der Waals surface area contributed by atoms with E-state index in [-0.39, 0.29) is 29.3 Å². The fourth-order valence-electron chi connectivity index (χ4n) is 1.92. The van der Waals surface area contributed by atoms with Gasteiger partial charge in [0.2, 0.25) is 0 Å². The van der Waals surface area contributed by atoms with E-state index < -0.39 is 5.82 Å². The van der Waals surface area contributed by atoms with Crippen molar-refractivity contribution in [3.63, 3.8) is 0 Å². The van der Waals surface area contributed by atoms with Crippen LogP contribution in [0.1, 0.15) is 0 Å². The number of hydrogen-bond donors (Lipinski definition) is 0. The highest BCUT2D eigenvalue weighted by Crippen LogP contribution is 2.32. The van der Waals surface area contributed by atoms with Crippen LogP contribution in [-0.4, -0.2) is 9.97 Å². The van der Waals surface area contributed by atoms with Gasteiger partial charge >= 0.3 is 0 Å². The molecule has 0 amide bonds. The molecule has 2 aromatic carbocycles. The molecule has 3 rings (SSSR count). The van der Waals surface area contributed by atoms with Crippen molar-refractivity contribution in [3.05, 3.63) is 59.6 Å². The van der Waals surface area contributed by atoms with Crippen molar-refractivity contribution >= 4 is 46.4 Å². The van der Waals surface area contributed by atoms with Crippen LogP contribution in [0.5, 0.6) is 0 Å². The predicted molar refractivity (Wildman–Crippen MR) is 81.4 cm³/mol. The summed E-state index contributed by atoms with van der Waals surface area (Å²) in [5.74, 6) is -0.738. The summed E-state index contributed by atoms with van der Waals surface area (Å²) < 4.78 is 28.4. The van der Waals surface area contributed by atoms with Crippen LogP contribution in [0.2, 0.25) is 5.02 Å². The average Bonchev–Trinajstić information content (AvgIpc) is 2.46. The van der Waals surface area contributed by atoms with Gasteiger partial charge in [0.25, 0.3) is 0 Å². The Morgan fingerprint density at radius 1 is 1.05 bits per heavy atom. The van der Waals surface area contributed by atoms with Gasteiger partial charge in [0.15, 0.2) is 5.82 Å². The Bertz CT molecular complexity index is 778. The van der Waals surface area contributed by atoms with Gasteiger partial charge < -0.3 is 0 Å². The van der Waals surface area contributed by atoms with E-state index in [1.54, 1.807) is 18.2 Å². The highest BCUT2D eigenvalue weighted by atomic mass is 35.5. The Morgan fingerprint density at radius 3 is 2.57 bits per heavy atom. The molecule has 0 N–H and O–H groups in total. The molecular formula is C14H9Cl2F2N3. The third-order valence-corrected chi connectivity index (χ3v) is 3.05. The standard InChI is InChI=1S/C14H8ClF2N3.ClH/c15-9-3-1-4-10(7-9)20(17)14-13-11(16)5-2-6-12(13)18-8-19-14;/h1-8H;1H. The first-order valence-corrected chi connectivity index (χ1v) is 6.15. The van der Waals surface area contributed by atoms with Crippen molar-refractivity contribution in [2.45, 2.75) is 0 Å². The number of benzene rings is 2. The summed E-state index contributed by atoms with van der Waals surface area (Å²) in [5, 5.41) is 0.695. The maximum atomic E-state index is 14.5. The van der Waals surface area contributed by atoms with E-state index in [1.165, 1.54) is 30.6 Å². The Kier molecular flexibility index (Phi) is 4.55. The summed E-state index contributed by atoms with van der Waals surface area (Å²) in [7, 11) is 0. The van der Waals surface area contributed by atoms with E-state index in [1.807, 2.05) is 0 Å². The molecule has 0 fully saturated rings. The van der Waals surface area contributed by atoms with Crippen molar-refractivity contribution in [3.8, 4) is 0 Å². The summed E-state index contributed by atoms with van der Waals surface area (Å²) in [4.78, 5) is 7.76. The third-order valence-electron chi connectivity index (χ3n) is 2.81. The van der Waals surface area contributed by atoms with E-state index in [4.69, 9.17) is 11.6 Å². The third kappa shape index (κ3) is 2.89. The van der Waals surface area contributed by atoms with E-state index in [0.29, 0.717) is 15.7 Å². The Hall–Kier alpha value is -1.98. The Balaban J connectivity index is 0.00000161. The molecule has 3 nitrogen and oxygen atoms in total. The molecule has 1 heterocycles. The first-order valence-electron chi connectivity index (χ1n) is 5.77. The SMILES string of the molecule is Cl.Fc1cccc2ncnc(N(F)c3cccc(Cl)c3)c12. The summed E-state index contributed by atoms with van der Waals surface area (Å²) in [5.41, 5.74) is 0.500. The van der Waals surface area contributed by atoms with E-state index in [0.717, 1.165) is 0 Å². The molecule has 0 aliphatic carbocycles. The lowest BCUT2D eigenvalue weighted by Gasteiger charge is -2.14. The second-order valence-corrected chi connectivity index (χ2v) is 4.53. The second-order valence-electron chi connectivity index (χ2n) is 4.09. The molecule has 0 saturated carbocycles. The summed E-state index contributed by atoms with van der Waals surface area (Å²) in [6, 6.07) is 10.5. The molecule has 0 aliphatic rings.